The monoisotopic (exact) mass is 286 g/mol. The van der Waals surface area contributed by atoms with Crippen LogP contribution < -0.4 is 5.32 Å². The van der Waals surface area contributed by atoms with Crippen molar-refractivity contribution in [1.82, 2.24) is 5.32 Å². The first-order valence-electron chi connectivity index (χ1n) is 7.28. The zero-order valence-electron chi connectivity index (χ0n) is 12.1. The van der Waals surface area contributed by atoms with Crippen molar-refractivity contribution >= 4 is 12.0 Å². The Morgan fingerprint density at radius 1 is 1.33 bits per heavy atom. The Hall–Kier alpha value is -2.15. The van der Waals surface area contributed by atoms with Crippen molar-refractivity contribution in [3.63, 3.8) is 0 Å². The Labute approximate surface area is 124 Å². The van der Waals surface area contributed by atoms with Gasteiger partial charge in [0.2, 0.25) is 0 Å². The molecule has 3 nitrogen and oxygen atoms in total. The lowest BCUT2D eigenvalue weighted by Crippen LogP contribution is -2.41. The topological polar surface area (TPSA) is 52.9 Å². The van der Waals surface area contributed by atoms with Crippen LogP contribution in [0.3, 0.4) is 0 Å². The fraction of sp³-hybridized carbons (Fsp3) is 0.412. The Morgan fingerprint density at radius 2 is 2.00 bits per heavy atom. The van der Waals surface area contributed by atoms with Crippen LogP contribution in [0.15, 0.2) is 29.8 Å². The molecule has 0 unspecified atom stereocenters. The Morgan fingerprint density at radius 3 is 2.62 bits per heavy atom. The predicted octanol–water partition coefficient (Wildman–Crippen LogP) is 3.43. The molecule has 1 amide bonds. The largest absolute Gasteiger partial charge is 0.348 e. The number of hydrogen-bond donors (Lipinski definition) is 1. The first-order chi connectivity index (χ1) is 10.1. The van der Waals surface area contributed by atoms with Gasteiger partial charge in [-0.3, -0.25) is 4.79 Å². The molecule has 1 N–H and O–H groups in total. The van der Waals surface area contributed by atoms with E-state index >= 15 is 0 Å². The zero-order valence-corrected chi connectivity index (χ0v) is 12.1. The maximum absolute atomic E-state index is 12.9. The van der Waals surface area contributed by atoms with Crippen LogP contribution in [-0.2, 0) is 4.79 Å². The molecule has 1 saturated carbocycles. The molecule has 1 fully saturated rings. The predicted molar refractivity (Wildman–Crippen MR) is 79.6 cm³/mol. The van der Waals surface area contributed by atoms with Gasteiger partial charge in [0.05, 0.1) is 0 Å². The zero-order chi connectivity index (χ0) is 15.2. The fourth-order valence-electron chi connectivity index (χ4n) is 2.65. The highest BCUT2D eigenvalue weighted by Crippen LogP contribution is 2.24. The minimum Gasteiger partial charge on any atom is -0.348 e. The van der Waals surface area contributed by atoms with E-state index in [1.54, 1.807) is 12.1 Å². The molecule has 1 aliphatic rings. The number of benzene rings is 1. The maximum Gasteiger partial charge on any atom is 0.262 e. The number of amides is 1. The summed E-state index contributed by atoms with van der Waals surface area (Å²) in [5.74, 6) is -0.250. The van der Waals surface area contributed by atoms with Crippen molar-refractivity contribution in [2.24, 2.45) is 5.92 Å². The average molecular weight is 286 g/mol. The van der Waals surface area contributed by atoms with Crippen LogP contribution in [0.4, 0.5) is 4.39 Å². The summed E-state index contributed by atoms with van der Waals surface area (Å²) in [5.41, 5.74) is 0.694. The maximum atomic E-state index is 12.9. The molecule has 0 radical (unpaired) electrons. The van der Waals surface area contributed by atoms with E-state index in [1.807, 2.05) is 6.07 Å². The lowest BCUT2D eigenvalue weighted by atomic mass is 9.86. The third-order valence-corrected chi connectivity index (χ3v) is 3.97. The van der Waals surface area contributed by atoms with Crippen LogP contribution >= 0.6 is 0 Å². The van der Waals surface area contributed by atoms with E-state index in [-0.39, 0.29) is 23.3 Å². The van der Waals surface area contributed by atoms with Gasteiger partial charge >= 0.3 is 0 Å². The quantitative estimate of drug-likeness (QED) is 0.683. The highest BCUT2D eigenvalue weighted by molar-refractivity contribution is 6.01. The van der Waals surface area contributed by atoms with Crippen LogP contribution in [0.25, 0.3) is 6.08 Å². The molecule has 0 heterocycles. The van der Waals surface area contributed by atoms with Crippen molar-refractivity contribution in [3.05, 3.63) is 41.2 Å². The number of nitrogens with one attached hydrogen (secondary N) is 1. The van der Waals surface area contributed by atoms with E-state index in [9.17, 15) is 9.18 Å². The second-order valence-electron chi connectivity index (χ2n) is 5.56. The smallest absolute Gasteiger partial charge is 0.262 e. The summed E-state index contributed by atoms with van der Waals surface area (Å²) < 4.78 is 12.9. The molecule has 2 rings (SSSR count). The van der Waals surface area contributed by atoms with Crippen molar-refractivity contribution < 1.29 is 9.18 Å². The molecule has 1 aromatic carbocycles. The number of nitriles is 1. The highest BCUT2D eigenvalue weighted by Gasteiger charge is 2.23. The number of nitrogens with zero attached hydrogens (tertiary/aromatic N) is 1. The summed E-state index contributed by atoms with van der Waals surface area (Å²) in [6, 6.07) is 7.76. The standard InChI is InChI=1S/C17H19FN2O/c1-12-4-2-3-5-16(12)20-17(21)14(11-19)10-13-6-8-15(18)9-7-13/h6-10,12,16H,2-5H2,1H3,(H,20,21)/b14-10+/t12-,16+/m1/s1. The number of carbonyl (C=O) groups is 1. The van der Waals surface area contributed by atoms with Crippen LogP contribution in [0, 0.1) is 23.1 Å². The molecule has 21 heavy (non-hydrogen) atoms. The van der Waals surface area contributed by atoms with Crippen molar-refractivity contribution in [2.45, 2.75) is 38.6 Å². The number of hydrogen-bond acceptors (Lipinski definition) is 2. The second kappa shape index (κ2) is 7.03. The number of carbonyl (C=O) groups excluding carboxylic acids is 1. The van der Waals surface area contributed by atoms with Gasteiger partial charge in [-0.15, -0.1) is 0 Å². The molecule has 0 bridgehead atoms. The van der Waals surface area contributed by atoms with Gasteiger partial charge in [-0.2, -0.15) is 5.26 Å². The minimum atomic E-state index is -0.347. The van der Waals surface area contributed by atoms with Gasteiger partial charge in [0.15, 0.2) is 0 Å². The summed E-state index contributed by atoms with van der Waals surface area (Å²) in [7, 11) is 0. The van der Waals surface area contributed by atoms with Gasteiger partial charge in [0, 0.05) is 6.04 Å². The third-order valence-electron chi connectivity index (χ3n) is 3.97. The Kier molecular flexibility index (Phi) is 5.10. The average Bonchev–Trinajstić information content (AvgIpc) is 2.49. The highest BCUT2D eigenvalue weighted by atomic mass is 19.1. The van der Waals surface area contributed by atoms with Crippen molar-refractivity contribution in [2.75, 3.05) is 0 Å². The molecule has 0 aliphatic heterocycles. The lowest BCUT2D eigenvalue weighted by Gasteiger charge is -2.29. The van der Waals surface area contributed by atoms with E-state index in [0.29, 0.717) is 11.5 Å². The molecule has 0 aromatic heterocycles. The van der Waals surface area contributed by atoms with Crippen LogP contribution in [0.1, 0.15) is 38.2 Å². The van der Waals surface area contributed by atoms with E-state index in [2.05, 4.69) is 12.2 Å². The summed E-state index contributed by atoms with van der Waals surface area (Å²) >= 11 is 0. The molecule has 4 heteroatoms. The first-order valence-corrected chi connectivity index (χ1v) is 7.28. The van der Waals surface area contributed by atoms with Gasteiger partial charge < -0.3 is 5.32 Å². The molecular weight excluding hydrogens is 267 g/mol. The molecule has 0 spiro atoms. The summed E-state index contributed by atoms with van der Waals surface area (Å²) in [4.78, 5) is 12.2. The number of rotatable bonds is 3. The first kappa shape index (κ1) is 15.2. The van der Waals surface area contributed by atoms with Crippen molar-refractivity contribution in [3.8, 4) is 6.07 Å². The molecule has 0 saturated heterocycles. The summed E-state index contributed by atoms with van der Waals surface area (Å²) in [5, 5.41) is 12.1. The lowest BCUT2D eigenvalue weighted by molar-refractivity contribution is -0.118. The van der Waals surface area contributed by atoms with Gasteiger partial charge in [0.1, 0.15) is 17.5 Å². The van der Waals surface area contributed by atoms with Crippen LogP contribution in [0.5, 0.6) is 0 Å². The van der Waals surface area contributed by atoms with E-state index in [1.165, 1.54) is 24.6 Å². The van der Waals surface area contributed by atoms with Gasteiger partial charge in [-0.1, -0.05) is 31.9 Å². The molecular formula is C17H19FN2O. The van der Waals surface area contributed by atoms with Gasteiger partial charge in [-0.25, -0.2) is 4.39 Å². The SMILES string of the molecule is C[C@@H]1CCCC[C@@H]1NC(=O)/C(C#N)=C/c1ccc(F)cc1. The minimum absolute atomic E-state index is 0.0550. The van der Waals surface area contributed by atoms with Crippen LogP contribution in [0.2, 0.25) is 0 Å². The van der Waals surface area contributed by atoms with E-state index in [0.717, 1.165) is 19.3 Å². The molecule has 2 atom stereocenters. The summed E-state index contributed by atoms with van der Waals surface area (Å²) in [6.45, 7) is 2.12. The van der Waals surface area contributed by atoms with E-state index < -0.39 is 0 Å². The van der Waals surface area contributed by atoms with Gasteiger partial charge in [-0.05, 0) is 42.5 Å². The fourth-order valence-corrected chi connectivity index (χ4v) is 2.65. The second-order valence-corrected chi connectivity index (χ2v) is 5.56. The Balaban J connectivity index is 2.08. The Bertz CT molecular complexity index is 571. The van der Waals surface area contributed by atoms with Crippen LogP contribution in [-0.4, -0.2) is 11.9 Å². The summed E-state index contributed by atoms with van der Waals surface area (Å²) in [6.07, 6.45) is 5.86. The van der Waals surface area contributed by atoms with E-state index in [4.69, 9.17) is 5.26 Å². The molecule has 1 aliphatic carbocycles. The third kappa shape index (κ3) is 4.16. The van der Waals surface area contributed by atoms with Gasteiger partial charge in [0.25, 0.3) is 5.91 Å². The van der Waals surface area contributed by atoms with Crippen molar-refractivity contribution in [1.29, 1.82) is 5.26 Å². The normalized spacial score (nSPS) is 22.4. The number of halogens is 1. The molecule has 110 valence electrons. The molecule has 1 aromatic rings.